The summed E-state index contributed by atoms with van der Waals surface area (Å²) in [5.41, 5.74) is 5.31. The molecule has 1 heterocycles. The molecule has 0 atom stereocenters. The van der Waals surface area contributed by atoms with Crippen molar-refractivity contribution in [1.82, 2.24) is 4.98 Å². The van der Waals surface area contributed by atoms with Crippen molar-refractivity contribution in [3.8, 4) is 6.07 Å². The van der Waals surface area contributed by atoms with E-state index in [-0.39, 0.29) is 11.5 Å². The molecular formula is C18H18N2OS. The summed E-state index contributed by atoms with van der Waals surface area (Å²) in [6.45, 7) is 7.81. The summed E-state index contributed by atoms with van der Waals surface area (Å²) in [5.74, 6) is 0.338. The number of nitrogens with zero attached hydrogens (tertiary/aromatic N) is 2. The van der Waals surface area contributed by atoms with Gasteiger partial charge in [0, 0.05) is 11.3 Å². The van der Waals surface area contributed by atoms with Gasteiger partial charge in [-0.15, -0.1) is 0 Å². The second-order valence-corrected chi connectivity index (χ2v) is 6.35. The van der Waals surface area contributed by atoms with E-state index in [9.17, 15) is 10.1 Å². The summed E-state index contributed by atoms with van der Waals surface area (Å²) in [7, 11) is 0. The summed E-state index contributed by atoms with van der Waals surface area (Å²) in [6.07, 6.45) is 0. The summed E-state index contributed by atoms with van der Waals surface area (Å²) in [4.78, 5) is 16.7. The lowest BCUT2D eigenvalue weighted by atomic mass is 10.0. The van der Waals surface area contributed by atoms with Crippen LogP contribution in [0.3, 0.4) is 0 Å². The average molecular weight is 310 g/mol. The molecule has 0 unspecified atom stereocenters. The van der Waals surface area contributed by atoms with E-state index in [1.165, 1.54) is 17.3 Å². The van der Waals surface area contributed by atoms with Gasteiger partial charge in [-0.3, -0.25) is 4.79 Å². The summed E-state index contributed by atoms with van der Waals surface area (Å²) in [5, 5.41) is 9.89. The van der Waals surface area contributed by atoms with E-state index in [0.717, 1.165) is 16.8 Å². The van der Waals surface area contributed by atoms with Crippen molar-refractivity contribution in [2.24, 2.45) is 0 Å². The third-order valence-electron chi connectivity index (χ3n) is 3.59. The topological polar surface area (TPSA) is 53.8 Å². The van der Waals surface area contributed by atoms with E-state index in [2.05, 4.69) is 11.1 Å². The number of ketones is 1. The number of Topliss-reactive ketones (excluding diaryl/α,β-unsaturated/α-hetero) is 1. The molecule has 1 aromatic carbocycles. The number of pyridine rings is 1. The Morgan fingerprint density at radius 2 is 1.86 bits per heavy atom. The van der Waals surface area contributed by atoms with E-state index in [0.29, 0.717) is 16.2 Å². The van der Waals surface area contributed by atoms with Gasteiger partial charge in [-0.2, -0.15) is 5.26 Å². The first-order chi connectivity index (χ1) is 10.4. The average Bonchev–Trinajstić information content (AvgIpc) is 2.47. The fraction of sp³-hybridized carbons (Fsp3) is 0.278. The van der Waals surface area contributed by atoms with Gasteiger partial charge in [0.05, 0.1) is 11.3 Å². The number of thioether (sulfide) groups is 1. The molecular weight excluding hydrogens is 292 g/mol. The third-order valence-corrected chi connectivity index (χ3v) is 4.57. The molecule has 0 amide bonds. The number of aryl methyl sites for hydroxylation is 4. The zero-order chi connectivity index (χ0) is 16.3. The number of nitriles is 1. The number of benzene rings is 1. The van der Waals surface area contributed by atoms with E-state index >= 15 is 0 Å². The number of aromatic nitrogens is 1. The minimum absolute atomic E-state index is 0.0537. The highest BCUT2D eigenvalue weighted by Gasteiger charge is 2.13. The van der Waals surface area contributed by atoms with Gasteiger partial charge >= 0.3 is 0 Å². The molecule has 0 bridgehead atoms. The Balaban J connectivity index is 2.18. The van der Waals surface area contributed by atoms with E-state index in [4.69, 9.17) is 0 Å². The lowest BCUT2D eigenvalue weighted by Gasteiger charge is -2.08. The molecule has 0 aliphatic heterocycles. The van der Waals surface area contributed by atoms with Gasteiger partial charge < -0.3 is 0 Å². The first kappa shape index (κ1) is 16.3. The molecule has 3 nitrogen and oxygen atoms in total. The maximum atomic E-state index is 12.3. The second kappa shape index (κ2) is 6.76. The third kappa shape index (κ3) is 3.55. The Hall–Kier alpha value is -2.12. The molecule has 0 radical (unpaired) electrons. The highest BCUT2D eigenvalue weighted by atomic mass is 32.2. The molecule has 2 rings (SSSR count). The molecule has 0 spiro atoms. The smallest absolute Gasteiger partial charge is 0.173 e. The van der Waals surface area contributed by atoms with Gasteiger partial charge in [-0.05, 0) is 56.5 Å². The normalized spacial score (nSPS) is 10.3. The van der Waals surface area contributed by atoms with Crippen LogP contribution in [0.2, 0.25) is 0 Å². The molecule has 4 heteroatoms. The first-order valence-electron chi connectivity index (χ1n) is 7.04. The molecule has 1 aromatic heterocycles. The van der Waals surface area contributed by atoms with Crippen LogP contribution >= 0.6 is 11.8 Å². The number of carbonyl (C=O) groups excluding carboxylic acids is 1. The van der Waals surface area contributed by atoms with Crippen molar-refractivity contribution >= 4 is 17.5 Å². The van der Waals surface area contributed by atoms with E-state index in [1.54, 1.807) is 0 Å². The zero-order valence-corrected chi connectivity index (χ0v) is 14.0. The fourth-order valence-electron chi connectivity index (χ4n) is 2.18. The quantitative estimate of drug-likeness (QED) is 0.628. The zero-order valence-electron chi connectivity index (χ0n) is 13.2. The molecule has 0 fully saturated rings. The van der Waals surface area contributed by atoms with Gasteiger partial charge in [-0.1, -0.05) is 23.9 Å². The Morgan fingerprint density at radius 3 is 2.50 bits per heavy atom. The highest BCUT2D eigenvalue weighted by Crippen LogP contribution is 2.24. The molecule has 0 aliphatic carbocycles. The lowest BCUT2D eigenvalue weighted by Crippen LogP contribution is -2.04. The number of hydrogen-bond donors (Lipinski definition) is 0. The predicted molar refractivity (Wildman–Crippen MR) is 89.4 cm³/mol. The van der Waals surface area contributed by atoms with E-state index < -0.39 is 0 Å². The van der Waals surface area contributed by atoms with Gasteiger partial charge in [0.2, 0.25) is 0 Å². The van der Waals surface area contributed by atoms with E-state index in [1.807, 2.05) is 52.0 Å². The Labute approximate surface area is 135 Å². The van der Waals surface area contributed by atoms with Crippen molar-refractivity contribution in [2.45, 2.75) is 32.7 Å². The van der Waals surface area contributed by atoms with Gasteiger partial charge in [0.1, 0.15) is 11.1 Å². The maximum absolute atomic E-state index is 12.3. The molecule has 2 aromatic rings. The van der Waals surface area contributed by atoms with Crippen LogP contribution in [0.4, 0.5) is 0 Å². The monoisotopic (exact) mass is 310 g/mol. The van der Waals surface area contributed by atoms with Crippen LogP contribution in [-0.2, 0) is 0 Å². The van der Waals surface area contributed by atoms with Crippen molar-refractivity contribution < 1.29 is 4.79 Å². The largest absolute Gasteiger partial charge is 0.293 e. The standard InChI is InChI=1S/C18H18N2OS/c1-11-5-6-15(8-12(11)2)17(21)10-22-18-16(9-19)13(3)7-14(4)20-18/h5-8H,10H2,1-4H3. The SMILES string of the molecule is Cc1cc(C)c(C#N)c(SCC(=O)c2ccc(C)c(C)c2)n1. The van der Waals surface area contributed by atoms with Crippen molar-refractivity contribution in [1.29, 1.82) is 5.26 Å². The molecule has 0 N–H and O–H groups in total. The van der Waals surface area contributed by atoms with Crippen LogP contribution in [0, 0.1) is 39.0 Å². The fourth-order valence-corrected chi connectivity index (χ4v) is 3.17. The Morgan fingerprint density at radius 1 is 1.14 bits per heavy atom. The van der Waals surface area contributed by atoms with Crippen LogP contribution in [0.15, 0.2) is 29.3 Å². The number of carbonyl (C=O) groups is 1. The summed E-state index contributed by atoms with van der Waals surface area (Å²) >= 11 is 1.33. The minimum Gasteiger partial charge on any atom is -0.293 e. The minimum atomic E-state index is 0.0537. The van der Waals surface area contributed by atoms with Gasteiger partial charge in [0.15, 0.2) is 5.78 Å². The van der Waals surface area contributed by atoms with Crippen molar-refractivity contribution in [3.05, 3.63) is 57.8 Å². The first-order valence-corrected chi connectivity index (χ1v) is 8.02. The molecule has 0 saturated carbocycles. The van der Waals surface area contributed by atoms with Crippen molar-refractivity contribution in [2.75, 3.05) is 5.75 Å². The molecule has 112 valence electrons. The molecule has 0 saturated heterocycles. The van der Waals surface area contributed by atoms with Crippen LogP contribution in [0.1, 0.15) is 38.3 Å². The van der Waals surface area contributed by atoms with Crippen LogP contribution in [0.5, 0.6) is 0 Å². The second-order valence-electron chi connectivity index (χ2n) is 5.38. The van der Waals surface area contributed by atoms with Crippen LogP contribution in [-0.4, -0.2) is 16.5 Å². The molecule has 22 heavy (non-hydrogen) atoms. The Bertz CT molecular complexity index is 775. The highest BCUT2D eigenvalue weighted by molar-refractivity contribution is 8.00. The van der Waals surface area contributed by atoms with Gasteiger partial charge in [-0.25, -0.2) is 4.98 Å². The Kier molecular flexibility index (Phi) is 4.99. The predicted octanol–water partition coefficient (Wildman–Crippen LogP) is 4.16. The number of rotatable bonds is 4. The van der Waals surface area contributed by atoms with Crippen molar-refractivity contribution in [3.63, 3.8) is 0 Å². The maximum Gasteiger partial charge on any atom is 0.173 e. The number of hydrogen-bond acceptors (Lipinski definition) is 4. The van der Waals surface area contributed by atoms with Crippen LogP contribution in [0.25, 0.3) is 0 Å². The summed E-state index contributed by atoms with van der Waals surface area (Å²) < 4.78 is 0. The van der Waals surface area contributed by atoms with Gasteiger partial charge in [0.25, 0.3) is 0 Å². The molecule has 0 aliphatic rings. The van der Waals surface area contributed by atoms with Crippen LogP contribution < -0.4 is 0 Å². The summed E-state index contributed by atoms with van der Waals surface area (Å²) in [6, 6.07) is 9.79. The lowest BCUT2D eigenvalue weighted by molar-refractivity contribution is 0.102.